The highest BCUT2D eigenvalue weighted by molar-refractivity contribution is 5.87. The van der Waals surface area contributed by atoms with Crippen molar-refractivity contribution >= 4 is 16.9 Å². The van der Waals surface area contributed by atoms with Crippen LogP contribution >= 0.6 is 0 Å². The van der Waals surface area contributed by atoms with Gasteiger partial charge in [-0.05, 0) is 12.5 Å². The first-order chi connectivity index (χ1) is 7.09. The third-order valence-corrected chi connectivity index (χ3v) is 2.59. The van der Waals surface area contributed by atoms with Crippen molar-refractivity contribution in [3.8, 4) is 0 Å². The van der Waals surface area contributed by atoms with Crippen molar-refractivity contribution in [2.24, 2.45) is 7.05 Å². The number of nitrogens with zero attached hydrogens (tertiary/aromatic N) is 2. The van der Waals surface area contributed by atoms with Crippen LogP contribution in [0, 0.1) is 6.92 Å². The van der Waals surface area contributed by atoms with E-state index in [4.69, 9.17) is 5.11 Å². The molecule has 1 aromatic carbocycles. The van der Waals surface area contributed by atoms with Gasteiger partial charge in [-0.15, -0.1) is 0 Å². The zero-order valence-corrected chi connectivity index (χ0v) is 8.69. The number of benzene rings is 1. The number of carboxylic acid groups (broad SMARTS) is 1. The van der Waals surface area contributed by atoms with Gasteiger partial charge in [0.25, 0.3) is 0 Å². The first-order valence-electron chi connectivity index (χ1n) is 4.72. The fourth-order valence-corrected chi connectivity index (χ4v) is 1.71. The van der Waals surface area contributed by atoms with Gasteiger partial charge in [0.1, 0.15) is 0 Å². The molecule has 0 unspecified atom stereocenters. The van der Waals surface area contributed by atoms with E-state index in [1.54, 1.807) is 4.68 Å². The number of aryl methyl sites for hydroxylation is 2. The van der Waals surface area contributed by atoms with Crippen LogP contribution in [0.3, 0.4) is 0 Å². The van der Waals surface area contributed by atoms with Crippen LogP contribution in [0.15, 0.2) is 18.2 Å². The molecule has 78 valence electrons. The molecule has 0 amide bonds. The predicted octanol–water partition coefficient (Wildman–Crippen LogP) is 1.51. The van der Waals surface area contributed by atoms with Gasteiger partial charge in [0.05, 0.1) is 11.9 Å². The first-order valence-corrected chi connectivity index (χ1v) is 4.72. The van der Waals surface area contributed by atoms with Crippen LogP contribution in [0.2, 0.25) is 0 Å². The highest BCUT2D eigenvalue weighted by atomic mass is 16.4. The van der Waals surface area contributed by atoms with Crippen LogP contribution < -0.4 is 0 Å². The van der Waals surface area contributed by atoms with E-state index < -0.39 is 5.97 Å². The number of aromatic nitrogens is 2. The Morgan fingerprint density at radius 3 is 2.93 bits per heavy atom. The lowest BCUT2D eigenvalue weighted by molar-refractivity contribution is -0.136. The summed E-state index contributed by atoms with van der Waals surface area (Å²) < 4.78 is 1.77. The van der Waals surface area contributed by atoms with Crippen molar-refractivity contribution in [1.29, 1.82) is 0 Å². The van der Waals surface area contributed by atoms with E-state index >= 15 is 0 Å². The molecule has 1 heterocycles. The van der Waals surface area contributed by atoms with Gasteiger partial charge in [0.2, 0.25) is 0 Å². The molecule has 0 saturated carbocycles. The van der Waals surface area contributed by atoms with Gasteiger partial charge in [-0.3, -0.25) is 9.48 Å². The summed E-state index contributed by atoms with van der Waals surface area (Å²) >= 11 is 0. The molecule has 15 heavy (non-hydrogen) atoms. The van der Waals surface area contributed by atoms with Crippen LogP contribution in [0.4, 0.5) is 0 Å². The van der Waals surface area contributed by atoms with Crippen LogP contribution in [-0.2, 0) is 18.3 Å². The quantitative estimate of drug-likeness (QED) is 0.806. The smallest absolute Gasteiger partial charge is 0.307 e. The molecule has 1 N–H and O–H groups in total. The Balaban J connectivity index is 2.65. The van der Waals surface area contributed by atoms with Crippen molar-refractivity contribution in [3.63, 3.8) is 0 Å². The van der Waals surface area contributed by atoms with E-state index in [1.165, 1.54) is 0 Å². The minimum absolute atomic E-state index is 0.0216. The average Bonchev–Trinajstić information content (AvgIpc) is 2.45. The van der Waals surface area contributed by atoms with E-state index in [0.717, 1.165) is 22.2 Å². The Labute approximate surface area is 87.1 Å². The highest BCUT2D eigenvalue weighted by Gasteiger charge is 2.10. The lowest BCUT2D eigenvalue weighted by Crippen LogP contribution is -2.00. The maximum atomic E-state index is 10.7. The number of hydrogen-bond acceptors (Lipinski definition) is 2. The molecule has 0 spiro atoms. The topological polar surface area (TPSA) is 55.1 Å². The predicted molar refractivity (Wildman–Crippen MR) is 56.8 cm³/mol. The third-order valence-electron chi connectivity index (χ3n) is 2.59. The van der Waals surface area contributed by atoms with Gasteiger partial charge in [0, 0.05) is 18.1 Å². The second kappa shape index (κ2) is 3.38. The fourth-order valence-electron chi connectivity index (χ4n) is 1.71. The van der Waals surface area contributed by atoms with Crippen molar-refractivity contribution in [2.45, 2.75) is 13.3 Å². The molecule has 4 nitrogen and oxygen atoms in total. The van der Waals surface area contributed by atoms with Gasteiger partial charge < -0.3 is 5.11 Å². The summed E-state index contributed by atoms with van der Waals surface area (Å²) in [5.41, 5.74) is 2.61. The highest BCUT2D eigenvalue weighted by Crippen LogP contribution is 2.20. The molecule has 0 radical (unpaired) electrons. The number of hydrogen-bond donors (Lipinski definition) is 1. The lowest BCUT2D eigenvalue weighted by atomic mass is 10.1. The number of aliphatic carboxylic acids is 1. The van der Waals surface area contributed by atoms with Crippen molar-refractivity contribution in [3.05, 3.63) is 29.5 Å². The first kappa shape index (κ1) is 9.71. The summed E-state index contributed by atoms with van der Waals surface area (Å²) in [4.78, 5) is 10.7. The monoisotopic (exact) mass is 204 g/mol. The lowest BCUT2D eigenvalue weighted by Gasteiger charge is -1.97. The van der Waals surface area contributed by atoms with Crippen LogP contribution in [0.25, 0.3) is 10.9 Å². The van der Waals surface area contributed by atoms with Gasteiger partial charge in [0.15, 0.2) is 0 Å². The zero-order valence-electron chi connectivity index (χ0n) is 8.69. The molecule has 2 rings (SSSR count). The maximum absolute atomic E-state index is 10.7. The summed E-state index contributed by atoms with van der Waals surface area (Å²) in [5, 5.41) is 14.1. The van der Waals surface area contributed by atoms with Gasteiger partial charge in [-0.1, -0.05) is 18.2 Å². The molecular weight excluding hydrogens is 192 g/mol. The Bertz CT molecular complexity index is 529. The van der Waals surface area contributed by atoms with E-state index in [-0.39, 0.29) is 6.42 Å². The largest absolute Gasteiger partial charge is 0.481 e. The van der Waals surface area contributed by atoms with Crippen LogP contribution in [0.1, 0.15) is 11.3 Å². The van der Waals surface area contributed by atoms with Gasteiger partial charge in [-0.25, -0.2) is 0 Å². The summed E-state index contributed by atoms with van der Waals surface area (Å²) in [6.45, 7) is 1.97. The Kier molecular flexibility index (Phi) is 2.19. The molecule has 0 aliphatic rings. The summed E-state index contributed by atoms with van der Waals surface area (Å²) in [6.07, 6.45) is 0.0216. The summed E-state index contributed by atoms with van der Waals surface area (Å²) in [5.74, 6) is -0.828. The molecule has 0 saturated heterocycles. The number of fused-ring (bicyclic) bond motifs is 1. The molecule has 1 aromatic heterocycles. The summed E-state index contributed by atoms with van der Waals surface area (Å²) in [7, 11) is 1.86. The maximum Gasteiger partial charge on any atom is 0.307 e. The van der Waals surface area contributed by atoms with Crippen molar-refractivity contribution < 1.29 is 9.90 Å². The Hall–Kier alpha value is -1.84. The van der Waals surface area contributed by atoms with Crippen LogP contribution in [0.5, 0.6) is 0 Å². The van der Waals surface area contributed by atoms with Gasteiger partial charge >= 0.3 is 5.97 Å². The van der Waals surface area contributed by atoms with E-state index in [2.05, 4.69) is 5.10 Å². The third kappa shape index (κ3) is 1.58. The second-order valence-corrected chi connectivity index (χ2v) is 3.59. The Morgan fingerprint density at radius 2 is 2.27 bits per heavy atom. The minimum Gasteiger partial charge on any atom is -0.481 e. The van der Waals surface area contributed by atoms with Crippen molar-refractivity contribution in [1.82, 2.24) is 9.78 Å². The average molecular weight is 204 g/mol. The minimum atomic E-state index is -0.828. The van der Waals surface area contributed by atoms with E-state index in [1.807, 2.05) is 32.2 Å². The van der Waals surface area contributed by atoms with E-state index in [9.17, 15) is 4.79 Å². The van der Waals surface area contributed by atoms with Gasteiger partial charge in [-0.2, -0.15) is 5.10 Å². The summed E-state index contributed by atoms with van der Waals surface area (Å²) in [6, 6.07) is 5.64. The number of carboxylic acids is 1. The molecule has 0 aliphatic carbocycles. The zero-order chi connectivity index (χ0) is 11.0. The molecule has 0 fully saturated rings. The van der Waals surface area contributed by atoms with Crippen molar-refractivity contribution in [2.75, 3.05) is 0 Å². The molecule has 2 aromatic rings. The molecule has 0 aliphatic heterocycles. The Morgan fingerprint density at radius 1 is 1.53 bits per heavy atom. The van der Waals surface area contributed by atoms with Crippen LogP contribution in [-0.4, -0.2) is 20.9 Å². The molecular formula is C11H12N2O2. The number of rotatable bonds is 2. The SMILES string of the molecule is Cc1c2cccc(CC(=O)O)c2nn1C. The normalized spacial score (nSPS) is 10.8. The molecule has 4 heteroatoms. The molecule has 0 atom stereocenters. The van der Waals surface area contributed by atoms with E-state index in [0.29, 0.717) is 0 Å². The molecule has 0 bridgehead atoms. The number of carbonyl (C=O) groups is 1. The standard InChI is InChI=1S/C11H12N2O2/c1-7-9-5-3-4-8(6-10(14)15)11(9)12-13(7)2/h3-5H,6H2,1-2H3,(H,14,15). The second-order valence-electron chi connectivity index (χ2n) is 3.59. The fraction of sp³-hybridized carbons (Fsp3) is 0.273.